The second kappa shape index (κ2) is 6.36. The molecule has 2 unspecified atom stereocenters. The summed E-state index contributed by atoms with van der Waals surface area (Å²) < 4.78 is 14.7. The number of hydrogen-bond donors (Lipinski definition) is 1. The Morgan fingerprint density at radius 1 is 1.37 bits per heavy atom. The molecule has 3 heteroatoms. The van der Waals surface area contributed by atoms with Crippen molar-refractivity contribution in [3.05, 3.63) is 34.1 Å². The van der Waals surface area contributed by atoms with E-state index in [0.717, 1.165) is 28.8 Å². The first-order valence-corrected chi connectivity index (χ1v) is 8.04. The summed E-state index contributed by atoms with van der Waals surface area (Å²) >= 11 is 3.29. The van der Waals surface area contributed by atoms with Crippen LogP contribution in [0.25, 0.3) is 0 Å². The number of hydrogen-bond acceptors (Lipinski definition) is 1. The fourth-order valence-corrected chi connectivity index (χ4v) is 3.47. The number of rotatable bonds is 3. The third-order valence-corrected chi connectivity index (χ3v) is 4.97. The van der Waals surface area contributed by atoms with E-state index in [1.54, 1.807) is 0 Å². The summed E-state index contributed by atoms with van der Waals surface area (Å²) in [5, 5.41) is 0. The third kappa shape index (κ3) is 4.03. The summed E-state index contributed by atoms with van der Waals surface area (Å²) in [6.07, 6.45) is 7.56. The molecule has 0 spiro atoms. The van der Waals surface area contributed by atoms with Gasteiger partial charge in [-0.2, -0.15) is 0 Å². The average Bonchev–Trinajstić information content (AvgIpc) is 2.55. The van der Waals surface area contributed by atoms with Crippen LogP contribution < -0.4 is 5.73 Å². The summed E-state index contributed by atoms with van der Waals surface area (Å²) in [5.41, 5.74) is 7.06. The highest BCUT2D eigenvalue weighted by Crippen LogP contribution is 2.33. The van der Waals surface area contributed by atoms with Crippen molar-refractivity contribution in [3.8, 4) is 0 Å². The van der Waals surface area contributed by atoms with Crippen LogP contribution in [0.15, 0.2) is 22.7 Å². The number of halogens is 2. The predicted molar refractivity (Wildman–Crippen MR) is 81.6 cm³/mol. The molecule has 0 bridgehead atoms. The molecule has 2 rings (SSSR count). The van der Waals surface area contributed by atoms with E-state index < -0.39 is 0 Å². The maximum atomic E-state index is 13.9. The van der Waals surface area contributed by atoms with E-state index in [2.05, 4.69) is 22.9 Å². The smallest absolute Gasteiger partial charge is 0.127 e. The Hall–Kier alpha value is -0.410. The van der Waals surface area contributed by atoms with Gasteiger partial charge < -0.3 is 5.73 Å². The fraction of sp³-hybridized carbons (Fsp3) is 0.625. The largest absolute Gasteiger partial charge is 0.325 e. The van der Waals surface area contributed by atoms with Gasteiger partial charge in [0.05, 0.1) is 0 Å². The first kappa shape index (κ1) is 15.0. The normalized spacial score (nSPS) is 28.1. The molecule has 0 saturated heterocycles. The maximum absolute atomic E-state index is 13.9. The molecule has 0 amide bonds. The SMILES string of the molecule is CCC1CCCC(N)(Cc2ccc(Br)cc2F)CC1. The lowest BCUT2D eigenvalue weighted by Crippen LogP contribution is -2.41. The van der Waals surface area contributed by atoms with E-state index in [-0.39, 0.29) is 11.4 Å². The number of benzene rings is 1. The van der Waals surface area contributed by atoms with Crippen molar-refractivity contribution in [2.45, 2.75) is 57.4 Å². The Bertz CT molecular complexity index is 435. The summed E-state index contributed by atoms with van der Waals surface area (Å²) in [5.74, 6) is 0.663. The predicted octanol–water partition coefficient (Wildman–Crippen LogP) is 4.82. The molecular formula is C16H23BrFN. The highest BCUT2D eigenvalue weighted by Gasteiger charge is 2.29. The second-order valence-corrected chi connectivity index (χ2v) is 6.90. The topological polar surface area (TPSA) is 26.0 Å². The van der Waals surface area contributed by atoms with Crippen LogP contribution in [-0.2, 0) is 6.42 Å². The molecule has 1 aromatic rings. The molecule has 1 aliphatic rings. The van der Waals surface area contributed by atoms with Gasteiger partial charge in [0.25, 0.3) is 0 Å². The molecule has 0 aromatic heterocycles. The Labute approximate surface area is 123 Å². The molecular weight excluding hydrogens is 305 g/mol. The van der Waals surface area contributed by atoms with Gasteiger partial charge in [-0.25, -0.2) is 4.39 Å². The monoisotopic (exact) mass is 327 g/mol. The lowest BCUT2D eigenvalue weighted by atomic mass is 9.84. The first-order chi connectivity index (χ1) is 9.02. The second-order valence-electron chi connectivity index (χ2n) is 5.98. The molecule has 19 heavy (non-hydrogen) atoms. The van der Waals surface area contributed by atoms with Gasteiger partial charge in [0.1, 0.15) is 5.82 Å². The van der Waals surface area contributed by atoms with Gasteiger partial charge in [0.15, 0.2) is 0 Å². The molecule has 1 fully saturated rings. The van der Waals surface area contributed by atoms with Gasteiger partial charge in [0.2, 0.25) is 0 Å². The molecule has 0 aliphatic heterocycles. The van der Waals surface area contributed by atoms with Crippen molar-refractivity contribution in [1.82, 2.24) is 0 Å². The Morgan fingerprint density at radius 2 is 2.16 bits per heavy atom. The van der Waals surface area contributed by atoms with Crippen LogP contribution in [0.2, 0.25) is 0 Å². The zero-order valence-corrected chi connectivity index (χ0v) is 13.2. The van der Waals surface area contributed by atoms with Gasteiger partial charge in [-0.15, -0.1) is 0 Å². The van der Waals surface area contributed by atoms with Crippen LogP contribution in [0.5, 0.6) is 0 Å². The molecule has 1 aliphatic carbocycles. The van der Waals surface area contributed by atoms with E-state index in [1.807, 2.05) is 12.1 Å². The van der Waals surface area contributed by atoms with Gasteiger partial charge >= 0.3 is 0 Å². The van der Waals surface area contributed by atoms with Crippen LogP contribution in [0, 0.1) is 11.7 Å². The first-order valence-electron chi connectivity index (χ1n) is 7.25. The minimum atomic E-state index is -0.224. The molecule has 1 aromatic carbocycles. The Kier molecular flexibility index (Phi) is 5.02. The standard InChI is InChI=1S/C16H23BrFN/c1-2-12-4-3-8-16(19,9-7-12)11-13-5-6-14(17)10-15(13)18/h5-6,10,12H,2-4,7-9,11,19H2,1H3. The van der Waals surface area contributed by atoms with Crippen LogP contribution in [0.1, 0.15) is 51.0 Å². The minimum Gasteiger partial charge on any atom is -0.325 e. The third-order valence-electron chi connectivity index (χ3n) is 4.47. The molecule has 1 nitrogen and oxygen atoms in total. The molecule has 1 saturated carbocycles. The average molecular weight is 328 g/mol. The fourth-order valence-electron chi connectivity index (χ4n) is 3.13. The van der Waals surface area contributed by atoms with Crippen molar-refractivity contribution in [3.63, 3.8) is 0 Å². The lowest BCUT2D eigenvalue weighted by Gasteiger charge is -2.28. The van der Waals surface area contributed by atoms with Crippen LogP contribution >= 0.6 is 15.9 Å². The van der Waals surface area contributed by atoms with E-state index in [1.165, 1.54) is 31.7 Å². The molecule has 2 atom stereocenters. The molecule has 2 N–H and O–H groups in total. The van der Waals surface area contributed by atoms with Gasteiger partial charge in [-0.3, -0.25) is 0 Å². The quantitative estimate of drug-likeness (QED) is 0.791. The highest BCUT2D eigenvalue weighted by molar-refractivity contribution is 9.10. The van der Waals surface area contributed by atoms with Gasteiger partial charge in [-0.1, -0.05) is 48.2 Å². The Balaban J connectivity index is 2.08. The zero-order valence-electron chi connectivity index (χ0n) is 11.6. The minimum absolute atomic E-state index is 0.143. The van der Waals surface area contributed by atoms with E-state index in [0.29, 0.717) is 6.42 Å². The van der Waals surface area contributed by atoms with Crippen molar-refractivity contribution >= 4 is 15.9 Å². The molecule has 106 valence electrons. The van der Waals surface area contributed by atoms with E-state index in [4.69, 9.17) is 5.73 Å². The highest BCUT2D eigenvalue weighted by atomic mass is 79.9. The maximum Gasteiger partial charge on any atom is 0.127 e. The van der Waals surface area contributed by atoms with Crippen LogP contribution in [0.3, 0.4) is 0 Å². The molecule has 0 radical (unpaired) electrons. The van der Waals surface area contributed by atoms with Crippen molar-refractivity contribution in [2.24, 2.45) is 11.7 Å². The summed E-state index contributed by atoms with van der Waals surface area (Å²) in [4.78, 5) is 0. The summed E-state index contributed by atoms with van der Waals surface area (Å²) in [6.45, 7) is 2.25. The lowest BCUT2D eigenvalue weighted by molar-refractivity contribution is 0.354. The van der Waals surface area contributed by atoms with E-state index >= 15 is 0 Å². The van der Waals surface area contributed by atoms with Crippen molar-refractivity contribution in [2.75, 3.05) is 0 Å². The summed E-state index contributed by atoms with van der Waals surface area (Å²) in [7, 11) is 0. The van der Waals surface area contributed by atoms with Crippen LogP contribution in [0.4, 0.5) is 4.39 Å². The zero-order chi connectivity index (χ0) is 13.9. The van der Waals surface area contributed by atoms with E-state index in [9.17, 15) is 4.39 Å². The summed E-state index contributed by atoms with van der Waals surface area (Å²) in [6, 6.07) is 5.29. The number of nitrogens with two attached hydrogens (primary N) is 1. The van der Waals surface area contributed by atoms with Gasteiger partial charge in [0, 0.05) is 10.0 Å². The molecule has 0 heterocycles. The van der Waals surface area contributed by atoms with Gasteiger partial charge in [-0.05, 0) is 49.3 Å². The van der Waals surface area contributed by atoms with Crippen molar-refractivity contribution < 1.29 is 4.39 Å². The van der Waals surface area contributed by atoms with Crippen LogP contribution in [-0.4, -0.2) is 5.54 Å². The van der Waals surface area contributed by atoms with Crippen molar-refractivity contribution in [1.29, 1.82) is 0 Å². The Morgan fingerprint density at radius 3 is 2.84 bits per heavy atom.